The number of hydrogen-bond donors (Lipinski definition) is 2. The third-order valence-corrected chi connectivity index (χ3v) is 5.17. The van der Waals surface area contributed by atoms with Crippen molar-refractivity contribution in [3.05, 3.63) is 64.1 Å². The Hall–Kier alpha value is -2.35. The Bertz CT molecular complexity index is 916. The smallest absolute Gasteiger partial charge is 0.240 e. The summed E-state index contributed by atoms with van der Waals surface area (Å²) in [5, 5.41) is 14.1. The maximum absolute atomic E-state index is 12.2. The van der Waals surface area contributed by atoms with Crippen LogP contribution in [0.25, 0.3) is 0 Å². The number of thioether (sulfide) groups is 1. The van der Waals surface area contributed by atoms with Crippen LogP contribution < -0.4 is 10.6 Å². The number of nitrogens with zero attached hydrogens (tertiary/aromatic N) is 2. The number of benzene rings is 2. The maximum Gasteiger partial charge on any atom is 0.240 e. The van der Waals surface area contributed by atoms with Crippen LogP contribution in [0.1, 0.15) is 12.0 Å². The van der Waals surface area contributed by atoms with Gasteiger partial charge in [0.05, 0.1) is 16.9 Å². The number of para-hydroxylation sites is 1. The average molecular weight is 421 g/mol. The molecule has 0 radical (unpaired) electrons. The maximum atomic E-state index is 12.2. The van der Waals surface area contributed by atoms with Crippen molar-refractivity contribution in [2.45, 2.75) is 11.7 Å². The number of rotatable bonds is 5. The lowest BCUT2D eigenvalue weighted by molar-refractivity contribution is -0.122. The van der Waals surface area contributed by atoms with E-state index in [9.17, 15) is 9.59 Å². The van der Waals surface area contributed by atoms with Crippen molar-refractivity contribution in [1.82, 2.24) is 5.32 Å². The molecule has 1 heterocycles. The minimum absolute atomic E-state index is 0.00163. The Morgan fingerprint density at radius 3 is 2.67 bits per heavy atom. The van der Waals surface area contributed by atoms with Gasteiger partial charge in [-0.25, -0.2) is 0 Å². The average Bonchev–Trinajstić information content (AvgIpc) is 2.98. The number of amides is 2. The first-order valence-corrected chi connectivity index (χ1v) is 9.53. The lowest BCUT2D eigenvalue weighted by Crippen LogP contribution is -2.28. The van der Waals surface area contributed by atoms with Crippen molar-refractivity contribution in [2.75, 3.05) is 5.32 Å². The molecular formula is C18H14Cl2N4O2S. The zero-order chi connectivity index (χ0) is 19.2. The van der Waals surface area contributed by atoms with Gasteiger partial charge in [-0.1, -0.05) is 59.2 Å². The third-order valence-electron chi connectivity index (χ3n) is 3.52. The SMILES string of the molecule is O=C(CC1S/C(=N/N=C/c2ccc(Cl)cc2)NC1=O)Nc1ccccc1Cl. The van der Waals surface area contributed by atoms with Crippen LogP contribution in [0.4, 0.5) is 5.69 Å². The summed E-state index contributed by atoms with van der Waals surface area (Å²) in [5.41, 5.74) is 1.34. The van der Waals surface area contributed by atoms with E-state index in [1.165, 1.54) is 0 Å². The van der Waals surface area contributed by atoms with E-state index < -0.39 is 5.25 Å². The molecule has 1 fully saturated rings. The molecule has 2 amide bonds. The summed E-state index contributed by atoms with van der Waals surface area (Å²) < 4.78 is 0. The van der Waals surface area contributed by atoms with Crippen LogP contribution in [-0.2, 0) is 9.59 Å². The second kappa shape index (κ2) is 9.03. The van der Waals surface area contributed by atoms with Crippen molar-refractivity contribution in [3.63, 3.8) is 0 Å². The number of nitrogens with one attached hydrogen (secondary N) is 2. The third kappa shape index (κ3) is 5.56. The highest BCUT2D eigenvalue weighted by molar-refractivity contribution is 8.15. The molecule has 0 aliphatic carbocycles. The number of amidine groups is 1. The molecule has 1 unspecified atom stereocenters. The van der Waals surface area contributed by atoms with Crippen LogP contribution in [0.3, 0.4) is 0 Å². The first kappa shape index (κ1) is 19.4. The predicted molar refractivity (Wildman–Crippen MR) is 111 cm³/mol. The number of carbonyl (C=O) groups excluding carboxylic acids is 2. The molecule has 9 heteroatoms. The summed E-state index contributed by atoms with van der Waals surface area (Å²) in [6, 6.07) is 14.0. The monoisotopic (exact) mass is 420 g/mol. The lowest BCUT2D eigenvalue weighted by atomic mass is 10.2. The highest BCUT2D eigenvalue weighted by Crippen LogP contribution is 2.25. The van der Waals surface area contributed by atoms with Crippen LogP contribution in [0.2, 0.25) is 10.0 Å². The highest BCUT2D eigenvalue weighted by atomic mass is 35.5. The molecular weight excluding hydrogens is 407 g/mol. The number of anilines is 1. The number of hydrogen-bond acceptors (Lipinski definition) is 5. The van der Waals surface area contributed by atoms with Gasteiger partial charge in [-0.05, 0) is 29.8 Å². The molecule has 2 aromatic rings. The fourth-order valence-corrected chi connectivity index (χ4v) is 3.45. The van der Waals surface area contributed by atoms with E-state index in [2.05, 4.69) is 20.8 Å². The van der Waals surface area contributed by atoms with E-state index in [0.717, 1.165) is 17.3 Å². The summed E-state index contributed by atoms with van der Waals surface area (Å²) in [5.74, 6) is -0.587. The van der Waals surface area contributed by atoms with Crippen LogP contribution in [0.15, 0.2) is 58.7 Å². The molecule has 27 heavy (non-hydrogen) atoms. The van der Waals surface area contributed by atoms with Gasteiger partial charge >= 0.3 is 0 Å². The number of carbonyl (C=O) groups is 2. The Kier molecular flexibility index (Phi) is 6.49. The zero-order valence-corrected chi connectivity index (χ0v) is 16.2. The van der Waals surface area contributed by atoms with Crippen molar-refractivity contribution < 1.29 is 9.59 Å². The summed E-state index contributed by atoms with van der Waals surface area (Å²) in [6.45, 7) is 0. The largest absolute Gasteiger partial charge is 0.325 e. The molecule has 0 aromatic heterocycles. The molecule has 1 aliphatic heterocycles. The molecule has 0 spiro atoms. The summed E-state index contributed by atoms with van der Waals surface area (Å²) in [7, 11) is 0. The summed E-state index contributed by atoms with van der Waals surface area (Å²) in [4.78, 5) is 24.2. The van der Waals surface area contributed by atoms with Crippen molar-refractivity contribution in [1.29, 1.82) is 0 Å². The molecule has 1 aliphatic rings. The lowest BCUT2D eigenvalue weighted by Gasteiger charge is -2.08. The van der Waals surface area contributed by atoms with E-state index in [4.69, 9.17) is 23.2 Å². The molecule has 1 atom stereocenters. The van der Waals surface area contributed by atoms with E-state index in [1.807, 2.05) is 0 Å². The fourth-order valence-electron chi connectivity index (χ4n) is 2.22. The second-order valence-corrected chi connectivity index (χ2v) is 7.56. The van der Waals surface area contributed by atoms with Gasteiger partial charge in [0.15, 0.2) is 5.17 Å². The number of halogens is 2. The van der Waals surface area contributed by atoms with Gasteiger partial charge in [-0.2, -0.15) is 5.10 Å². The molecule has 1 saturated heterocycles. The van der Waals surface area contributed by atoms with Gasteiger partial charge in [-0.15, -0.1) is 5.10 Å². The van der Waals surface area contributed by atoms with Crippen LogP contribution in [0.5, 0.6) is 0 Å². The molecule has 2 N–H and O–H groups in total. The minimum Gasteiger partial charge on any atom is -0.325 e. The predicted octanol–water partition coefficient (Wildman–Crippen LogP) is 3.94. The summed E-state index contributed by atoms with van der Waals surface area (Å²) >= 11 is 13.0. The van der Waals surface area contributed by atoms with E-state index >= 15 is 0 Å². The van der Waals surface area contributed by atoms with Gasteiger partial charge in [-0.3, -0.25) is 9.59 Å². The first-order chi connectivity index (χ1) is 13.0. The van der Waals surface area contributed by atoms with E-state index in [0.29, 0.717) is 20.9 Å². The first-order valence-electron chi connectivity index (χ1n) is 7.90. The van der Waals surface area contributed by atoms with Gasteiger partial charge in [0.1, 0.15) is 5.25 Å². The van der Waals surface area contributed by atoms with Gasteiger partial charge in [0.2, 0.25) is 11.8 Å². The Morgan fingerprint density at radius 1 is 1.19 bits per heavy atom. The van der Waals surface area contributed by atoms with Gasteiger partial charge in [0, 0.05) is 11.4 Å². The van der Waals surface area contributed by atoms with E-state index in [1.54, 1.807) is 54.7 Å². The van der Waals surface area contributed by atoms with Crippen molar-refractivity contribution in [3.8, 4) is 0 Å². The molecule has 0 bridgehead atoms. The van der Waals surface area contributed by atoms with E-state index in [-0.39, 0.29) is 18.2 Å². The quantitative estimate of drug-likeness (QED) is 0.567. The zero-order valence-electron chi connectivity index (χ0n) is 13.9. The molecule has 2 aromatic carbocycles. The van der Waals surface area contributed by atoms with Gasteiger partial charge < -0.3 is 10.6 Å². The molecule has 6 nitrogen and oxygen atoms in total. The highest BCUT2D eigenvalue weighted by Gasteiger charge is 2.32. The standard InChI is InChI=1S/C18H14Cl2N4O2S/c19-12-7-5-11(6-8-12)10-21-24-18-23-17(26)15(27-18)9-16(25)22-14-4-2-1-3-13(14)20/h1-8,10,15H,9H2,(H,22,25)(H,23,24,26)/b21-10+. The van der Waals surface area contributed by atoms with Crippen molar-refractivity contribution >= 4 is 63.8 Å². The van der Waals surface area contributed by atoms with Crippen molar-refractivity contribution in [2.24, 2.45) is 10.2 Å². The van der Waals surface area contributed by atoms with Crippen LogP contribution in [0, 0.1) is 0 Å². The molecule has 0 saturated carbocycles. The van der Waals surface area contributed by atoms with Gasteiger partial charge in [0.25, 0.3) is 0 Å². The second-order valence-electron chi connectivity index (χ2n) is 5.53. The normalized spacial score (nSPS) is 18.1. The molecule has 138 valence electrons. The van der Waals surface area contributed by atoms with Crippen LogP contribution in [-0.4, -0.2) is 28.4 Å². The molecule has 3 rings (SSSR count). The topological polar surface area (TPSA) is 82.9 Å². The van der Waals surface area contributed by atoms with Crippen LogP contribution >= 0.6 is 35.0 Å². The summed E-state index contributed by atoms with van der Waals surface area (Å²) in [6.07, 6.45) is 1.55. The Morgan fingerprint density at radius 2 is 1.93 bits per heavy atom. The minimum atomic E-state index is -0.572. The Labute approximate surface area is 170 Å². The fraction of sp³-hybridized carbons (Fsp3) is 0.111. The Balaban J connectivity index is 1.56.